The zero-order valence-corrected chi connectivity index (χ0v) is 14.7. The second-order valence-electron chi connectivity index (χ2n) is 5.07. The number of hydrogen-bond acceptors (Lipinski definition) is 5. The van der Waals surface area contributed by atoms with Crippen molar-refractivity contribution >= 4 is 29.5 Å². The maximum atomic E-state index is 11.5. The molecule has 0 saturated carbocycles. The summed E-state index contributed by atoms with van der Waals surface area (Å²) >= 11 is 5.92. The molecule has 3 amide bonds. The fourth-order valence-corrected chi connectivity index (χ4v) is 1.82. The lowest BCUT2D eigenvalue weighted by Crippen LogP contribution is -2.41. The highest BCUT2D eigenvalue weighted by Gasteiger charge is 2.10. The molecule has 0 aliphatic rings. The van der Waals surface area contributed by atoms with E-state index in [-0.39, 0.29) is 13.0 Å². The van der Waals surface area contributed by atoms with E-state index in [4.69, 9.17) is 21.1 Å². The molecule has 0 aliphatic carbocycles. The smallest absolute Gasteiger partial charge is 0.321 e. The molecule has 0 bridgehead atoms. The van der Waals surface area contributed by atoms with Crippen molar-refractivity contribution in [2.75, 3.05) is 19.8 Å². The Bertz CT molecular complexity index is 633. The lowest BCUT2D eigenvalue weighted by molar-refractivity contribution is -0.148. The number of rotatable bonds is 9. The molecule has 2 N–H and O–H groups in total. The molecule has 25 heavy (non-hydrogen) atoms. The fraction of sp³-hybridized carbons (Fsp3) is 0.353. The van der Waals surface area contributed by atoms with Gasteiger partial charge in [-0.3, -0.25) is 14.9 Å². The highest BCUT2D eigenvalue weighted by atomic mass is 35.5. The summed E-state index contributed by atoms with van der Waals surface area (Å²) in [6, 6.07) is 4.62. The van der Waals surface area contributed by atoms with Crippen LogP contribution in [0.15, 0.2) is 30.9 Å². The normalized spacial score (nSPS) is 9.84. The minimum absolute atomic E-state index is 0.0997. The first-order chi connectivity index (χ1) is 11.9. The molecule has 0 atom stereocenters. The molecule has 0 heterocycles. The standard InChI is InChI=1S/C17H21ClN2O5/c1-3-8-19-17(23)20-15(21)11-25-16(22)5-4-9-24-13-6-7-14(18)12(2)10-13/h3,6-7,10H,1,4-5,8-9,11H2,2H3,(H2,19,20,21,23). The Kier molecular flexibility index (Phi) is 9.10. The van der Waals surface area contributed by atoms with E-state index in [2.05, 4.69) is 11.9 Å². The van der Waals surface area contributed by atoms with Crippen molar-refractivity contribution in [2.24, 2.45) is 0 Å². The summed E-state index contributed by atoms with van der Waals surface area (Å²) in [5, 5.41) is 5.04. The van der Waals surface area contributed by atoms with Crippen LogP contribution in [0.5, 0.6) is 5.75 Å². The summed E-state index contributed by atoms with van der Waals surface area (Å²) in [7, 11) is 0. The average molecular weight is 369 g/mol. The lowest BCUT2D eigenvalue weighted by atomic mass is 10.2. The van der Waals surface area contributed by atoms with Gasteiger partial charge in [-0.25, -0.2) is 4.79 Å². The second-order valence-corrected chi connectivity index (χ2v) is 5.48. The van der Waals surface area contributed by atoms with E-state index in [0.717, 1.165) is 5.56 Å². The van der Waals surface area contributed by atoms with Crippen molar-refractivity contribution in [3.63, 3.8) is 0 Å². The van der Waals surface area contributed by atoms with Crippen molar-refractivity contribution in [3.05, 3.63) is 41.4 Å². The number of nitrogens with one attached hydrogen (secondary N) is 2. The van der Waals surface area contributed by atoms with Gasteiger partial charge < -0.3 is 14.8 Å². The van der Waals surface area contributed by atoms with Gasteiger partial charge in [-0.15, -0.1) is 6.58 Å². The van der Waals surface area contributed by atoms with Crippen LogP contribution in [0.2, 0.25) is 5.02 Å². The third-order valence-corrected chi connectivity index (χ3v) is 3.37. The number of imide groups is 1. The van der Waals surface area contributed by atoms with Gasteiger partial charge in [0.2, 0.25) is 0 Å². The minimum Gasteiger partial charge on any atom is -0.494 e. The first-order valence-electron chi connectivity index (χ1n) is 7.65. The Labute approximate surface area is 151 Å². The number of halogens is 1. The van der Waals surface area contributed by atoms with Crippen LogP contribution in [0.1, 0.15) is 18.4 Å². The van der Waals surface area contributed by atoms with Gasteiger partial charge in [0.1, 0.15) is 5.75 Å². The molecule has 136 valence electrons. The molecule has 8 heteroatoms. The highest BCUT2D eigenvalue weighted by molar-refractivity contribution is 6.31. The monoisotopic (exact) mass is 368 g/mol. The molecule has 0 radical (unpaired) electrons. The van der Waals surface area contributed by atoms with E-state index in [9.17, 15) is 14.4 Å². The summed E-state index contributed by atoms with van der Waals surface area (Å²) in [4.78, 5) is 34.1. The number of hydrogen-bond donors (Lipinski definition) is 2. The van der Waals surface area contributed by atoms with Crippen molar-refractivity contribution < 1.29 is 23.9 Å². The number of aryl methyl sites for hydroxylation is 1. The van der Waals surface area contributed by atoms with Gasteiger partial charge in [0, 0.05) is 18.0 Å². The van der Waals surface area contributed by atoms with Crippen LogP contribution in [-0.4, -0.2) is 37.7 Å². The number of amides is 3. The van der Waals surface area contributed by atoms with E-state index in [1.807, 2.05) is 18.3 Å². The lowest BCUT2D eigenvalue weighted by Gasteiger charge is -2.08. The first-order valence-corrected chi connectivity index (χ1v) is 8.03. The summed E-state index contributed by atoms with van der Waals surface area (Å²) in [6.07, 6.45) is 2.00. The number of urea groups is 1. The van der Waals surface area contributed by atoms with Crippen molar-refractivity contribution in [2.45, 2.75) is 19.8 Å². The van der Waals surface area contributed by atoms with Gasteiger partial charge in [-0.2, -0.15) is 0 Å². The minimum atomic E-state index is -0.706. The highest BCUT2D eigenvalue weighted by Crippen LogP contribution is 2.21. The van der Waals surface area contributed by atoms with E-state index >= 15 is 0 Å². The quantitative estimate of drug-likeness (QED) is 0.396. The Balaban J connectivity index is 2.16. The maximum Gasteiger partial charge on any atom is 0.321 e. The summed E-state index contributed by atoms with van der Waals surface area (Å²) in [5.74, 6) is -0.583. The molecule has 0 aliphatic heterocycles. The van der Waals surface area contributed by atoms with Crippen LogP contribution in [-0.2, 0) is 14.3 Å². The largest absolute Gasteiger partial charge is 0.494 e. The molecular weight excluding hydrogens is 348 g/mol. The molecule has 1 rings (SSSR count). The predicted molar refractivity (Wildman–Crippen MR) is 93.6 cm³/mol. The van der Waals surface area contributed by atoms with Crippen molar-refractivity contribution in [1.82, 2.24) is 10.6 Å². The number of esters is 1. The topological polar surface area (TPSA) is 93.7 Å². The van der Waals surface area contributed by atoms with Crippen LogP contribution in [0.4, 0.5) is 4.79 Å². The zero-order chi connectivity index (χ0) is 18.7. The molecule has 0 aromatic heterocycles. The van der Waals surface area contributed by atoms with Crippen LogP contribution < -0.4 is 15.4 Å². The van der Waals surface area contributed by atoms with Gasteiger partial charge in [0.25, 0.3) is 5.91 Å². The molecule has 0 unspecified atom stereocenters. The van der Waals surface area contributed by atoms with Gasteiger partial charge in [-0.05, 0) is 37.1 Å². The first kappa shape index (κ1) is 20.5. The molecule has 0 fully saturated rings. The maximum absolute atomic E-state index is 11.5. The Morgan fingerprint density at radius 1 is 1.32 bits per heavy atom. The Hall–Kier alpha value is -2.54. The van der Waals surface area contributed by atoms with E-state index in [1.54, 1.807) is 12.1 Å². The third-order valence-electron chi connectivity index (χ3n) is 2.95. The second kappa shape index (κ2) is 11.1. The average Bonchev–Trinajstić information content (AvgIpc) is 2.58. The Morgan fingerprint density at radius 2 is 2.08 bits per heavy atom. The van der Waals surface area contributed by atoms with Crippen LogP contribution in [0.25, 0.3) is 0 Å². The van der Waals surface area contributed by atoms with E-state index in [1.165, 1.54) is 6.08 Å². The van der Waals surface area contributed by atoms with Gasteiger partial charge in [0.05, 0.1) is 6.61 Å². The van der Waals surface area contributed by atoms with Crippen LogP contribution >= 0.6 is 11.6 Å². The predicted octanol–water partition coefficient (Wildman–Crippen LogP) is 2.36. The molecular formula is C17H21ClN2O5. The number of carbonyl (C=O) groups is 3. The molecule has 7 nitrogen and oxygen atoms in total. The summed E-state index contributed by atoms with van der Waals surface area (Å²) in [6.45, 7) is 5.33. The SMILES string of the molecule is C=CCNC(=O)NC(=O)COC(=O)CCCOc1ccc(Cl)c(C)c1. The summed E-state index contributed by atoms with van der Waals surface area (Å²) < 4.78 is 10.3. The number of carbonyl (C=O) groups excluding carboxylic acids is 3. The molecule has 0 saturated heterocycles. The third kappa shape index (κ3) is 8.76. The van der Waals surface area contributed by atoms with Gasteiger partial charge >= 0.3 is 12.0 Å². The molecule has 1 aromatic carbocycles. The van der Waals surface area contributed by atoms with E-state index < -0.39 is 24.5 Å². The van der Waals surface area contributed by atoms with E-state index in [0.29, 0.717) is 23.8 Å². The number of benzene rings is 1. The van der Waals surface area contributed by atoms with Gasteiger partial charge in [-0.1, -0.05) is 17.7 Å². The van der Waals surface area contributed by atoms with Gasteiger partial charge in [0.15, 0.2) is 6.61 Å². The zero-order valence-electron chi connectivity index (χ0n) is 14.0. The van der Waals surface area contributed by atoms with Crippen LogP contribution in [0.3, 0.4) is 0 Å². The van der Waals surface area contributed by atoms with Crippen molar-refractivity contribution in [1.29, 1.82) is 0 Å². The summed E-state index contributed by atoms with van der Waals surface area (Å²) in [5.41, 5.74) is 0.904. The number of ether oxygens (including phenoxy) is 2. The van der Waals surface area contributed by atoms with Crippen molar-refractivity contribution in [3.8, 4) is 5.75 Å². The Morgan fingerprint density at radius 3 is 2.76 bits per heavy atom. The van der Waals surface area contributed by atoms with Crippen LogP contribution in [0, 0.1) is 6.92 Å². The molecule has 0 spiro atoms. The molecule has 1 aromatic rings. The fourth-order valence-electron chi connectivity index (χ4n) is 1.70.